The third-order valence-electron chi connectivity index (χ3n) is 9.00. The molecule has 0 aromatic heterocycles. The lowest BCUT2D eigenvalue weighted by Gasteiger charge is -2.14. The van der Waals surface area contributed by atoms with Crippen molar-refractivity contribution in [3.05, 3.63) is 28.8 Å². The van der Waals surface area contributed by atoms with E-state index < -0.39 is 0 Å². The summed E-state index contributed by atoms with van der Waals surface area (Å²) in [6.07, 6.45) is 40.3. The largest absolute Gasteiger partial charge is 0.507 e. The highest BCUT2D eigenvalue weighted by Gasteiger charge is 2.11. The van der Waals surface area contributed by atoms with Crippen LogP contribution in [-0.4, -0.2) is 5.11 Å². The van der Waals surface area contributed by atoms with E-state index in [1.807, 2.05) is 0 Å². The summed E-state index contributed by atoms with van der Waals surface area (Å²) >= 11 is 0. The molecule has 0 heterocycles. The number of aryl methyl sites for hydroxylation is 3. The fourth-order valence-corrected chi connectivity index (χ4v) is 6.25. The van der Waals surface area contributed by atoms with Crippen molar-refractivity contribution < 1.29 is 5.11 Å². The van der Waals surface area contributed by atoms with Gasteiger partial charge in [-0.1, -0.05) is 187 Å². The van der Waals surface area contributed by atoms with Crippen molar-refractivity contribution in [3.63, 3.8) is 0 Å². The molecule has 0 aliphatic rings. The van der Waals surface area contributed by atoms with Crippen molar-refractivity contribution in [2.45, 2.75) is 213 Å². The quantitative estimate of drug-likeness (QED) is 0.0934. The highest BCUT2D eigenvalue weighted by atomic mass is 16.3. The van der Waals surface area contributed by atoms with E-state index in [1.54, 1.807) is 0 Å². The first-order chi connectivity index (χ1) is 19.7. The highest BCUT2D eigenvalue weighted by molar-refractivity contribution is 5.44. The minimum absolute atomic E-state index is 0.634. The Balaban J connectivity index is 2.46. The van der Waals surface area contributed by atoms with Gasteiger partial charge < -0.3 is 5.11 Å². The van der Waals surface area contributed by atoms with Gasteiger partial charge in [0.25, 0.3) is 0 Å². The number of aromatic hydroxyl groups is 1. The molecule has 0 saturated carbocycles. The first kappa shape index (κ1) is 37.0. The van der Waals surface area contributed by atoms with Gasteiger partial charge in [-0.05, 0) is 55.2 Å². The molecular formula is C39H72O. The Morgan fingerprint density at radius 1 is 0.350 bits per heavy atom. The summed E-state index contributed by atoms with van der Waals surface area (Å²) in [5, 5.41) is 11.2. The average Bonchev–Trinajstić information content (AvgIpc) is 2.96. The SMILES string of the molecule is CCCCCCCCCCCCc1cc(CCCCCCCCC)cc(CCCCCCCCCCCC)c1O. The number of rotatable bonds is 30. The van der Waals surface area contributed by atoms with E-state index in [4.69, 9.17) is 0 Å². The van der Waals surface area contributed by atoms with Gasteiger partial charge in [-0.15, -0.1) is 0 Å². The zero-order valence-electron chi connectivity index (χ0n) is 27.8. The molecule has 1 rings (SSSR count). The van der Waals surface area contributed by atoms with E-state index in [2.05, 4.69) is 32.9 Å². The Morgan fingerprint density at radius 3 is 0.900 bits per heavy atom. The van der Waals surface area contributed by atoms with Gasteiger partial charge in [-0.2, -0.15) is 0 Å². The molecule has 0 spiro atoms. The molecule has 0 saturated heterocycles. The lowest BCUT2D eigenvalue weighted by molar-refractivity contribution is 0.456. The summed E-state index contributed by atoms with van der Waals surface area (Å²) in [4.78, 5) is 0. The van der Waals surface area contributed by atoms with E-state index in [0.717, 1.165) is 12.8 Å². The van der Waals surface area contributed by atoms with Crippen LogP contribution in [0.3, 0.4) is 0 Å². The first-order valence-corrected chi connectivity index (χ1v) is 18.6. The molecule has 0 bridgehead atoms. The van der Waals surface area contributed by atoms with Crippen LogP contribution in [0.25, 0.3) is 0 Å². The third-order valence-corrected chi connectivity index (χ3v) is 9.00. The van der Waals surface area contributed by atoms with Gasteiger partial charge in [0.15, 0.2) is 0 Å². The second kappa shape index (κ2) is 28.2. The lowest BCUT2D eigenvalue weighted by Crippen LogP contribution is -1.98. The maximum Gasteiger partial charge on any atom is 0.121 e. The van der Waals surface area contributed by atoms with Crippen LogP contribution >= 0.6 is 0 Å². The molecule has 0 radical (unpaired) electrons. The Labute approximate surface area is 252 Å². The van der Waals surface area contributed by atoms with Crippen LogP contribution < -0.4 is 0 Å². The standard InChI is InChI=1S/C39H72O/c1-4-7-10-13-16-18-20-23-26-29-32-37-34-36(31-28-25-22-15-12-9-6-3)35-38(39(37)40)33-30-27-24-21-19-17-14-11-8-5-2/h34-35,40H,4-33H2,1-3H3. The van der Waals surface area contributed by atoms with Crippen molar-refractivity contribution in [2.75, 3.05) is 0 Å². The van der Waals surface area contributed by atoms with Crippen molar-refractivity contribution in [3.8, 4) is 5.75 Å². The first-order valence-electron chi connectivity index (χ1n) is 18.6. The number of hydrogen-bond acceptors (Lipinski definition) is 1. The van der Waals surface area contributed by atoms with Gasteiger partial charge in [0, 0.05) is 0 Å². The summed E-state index contributed by atoms with van der Waals surface area (Å²) in [5.41, 5.74) is 3.96. The molecule has 234 valence electrons. The molecule has 0 atom stereocenters. The summed E-state index contributed by atoms with van der Waals surface area (Å²) in [7, 11) is 0. The van der Waals surface area contributed by atoms with Crippen molar-refractivity contribution in [1.82, 2.24) is 0 Å². The molecule has 1 aromatic rings. The summed E-state index contributed by atoms with van der Waals surface area (Å²) in [6, 6.07) is 4.73. The molecule has 1 heteroatoms. The zero-order valence-corrected chi connectivity index (χ0v) is 27.8. The van der Waals surface area contributed by atoms with E-state index in [-0.39, 0.29) is 0 Å². The van der Waals surface area contributed by atoms with Crippen LogP contribution in [0.1, 0.15) is 211 Å². The molecule has 0 aliphatic carbocycles. The van der Waals surface area contributed by atoms with Crippen LogP contribution in [-0.2, 0) is 19.3 Å². The third kappa shape index (κ3) is 20.8. The fourth-order valence-electron chi connectivity index (χ4n) is 6.25. The van der Waals surface area contributed by atoms with Crippen molar-refractivity contribution in [1.29, 1.82) is 0 Å². The van der Waals surface area contributed by atoms with Crippen molar-refractivity contribution in [2.24, 2.45) is 0 Å². The van der Waals surface area contributed by atoms with Gasteiger partial charge in [0.05, 0.1) is 0 Å². The maximum absolute atomic E-state index is 11.2. The fraction of sp³-hybridized carbons (Fsp3) is 0.846. The Hall–Kier alpha value is -0.980. The van der Waals surface area contributed by atoms with Gasteiger partial charge in [-0.25, -0.2) is 0 Å². The van der Waals surface area contributed by atoms with Gasteiger partial charge in [0.2, 0.25) is 0 Å². The lowest BCUT2D eigenvalue weighted by atomic mass is 9.93. The molecule has 0 unspecified atom stereocenters. The predicted molar refractivity (Wildman–Crippen MR) is 181 cm³/mol. The van der Waals surface area contributed by atoms with Gasteiger partial charge in [0.1, 0.15) is 5.75 Å². The van der Waals surface area contributed by atoms with Crippen molar-refractivity contribution >= 4 is 0 Å². The topological polar surface area (TPSA) is 20.2 Å². The molecule has 40 heavy (non-hydrogen) atoms. The van der Waals surface area contributed by atoms with Crippen LogP contribution in [0.2, 0.25) is 0 Å². The normalized spacial score (nSPS) is 11.5. The van der Waals surface area contributed by atoms with E-state index in [0.29, 0.717) is 5.75 Å². The monoisotopic (exact) mass is 557 g/mol. The number of hydrogen-bond donors (Lipinski definition) is 1. The molecule has 1 N–H and O–H groups in total. The number of unbranched alkanes of at least 4 members (excludes halogenated alkanes) is 24. The van der Waals surface area contributed by atoms with Crippen LogP contribution in [0.4, 0.5) is 0 Å². The van der Waals surface area contributed by atoms with Gasteiger partial charge >= 0.3 is 0 Å². The summed E-state index contributed by atoms with van der Waals surface area (Å²) in [5.74, 6) is 0.634. The number of phenolic OH excluding ortho intramolecular Hbond substituents is 1. The van der Waals surface area contributed by atoms with Crippen LogP contribution in [0, 0.1) is 0 Å². The average molecular weight is 557 g/mol. The summed E-state index contributed by atoms with van der Waals surface area (Å²) in [6.45, 7) is 6.89. The number of benzene rings is 1. The highest BCUT2D eigenvalue weighted by Crippen LogP contribution is 2.29. The molecule has 0 amide bonds. The van der Waals surface area contributed by atoms with E-state index in [1.165, 1.54) is 196 Å². The minimum atomic E-state index is 0.634. The van der Waals surface area contributed by atoms with Crippen LogP contribution in [0.5, 0.6) is 5.75 Å². The Kier molecular flexibility index (Phi) is 26.1. The molecular weight excluding hydrogens is 484 g/mol. The predicted octanol–water partition coefficient (Wildman–Crippen LogP) is 13.6. The Morgan fingerprint density at radius 2 is 0.600 bits per heavy atom. The molecule has 0 fully saturated rings. The summed E-state index contributed by atoms with van der Waals surface area (Å²) < 4.78 is 0. The second-order valence-corrected chi connectivity index (χ2v) is 13.0. The minimum Gasteiger partial charge on any atom is -0.507 e. The van der Waals surface area contributed by atoms with E-state index >= 15 is 0 Å². The van der Waals surface area contributed by atoms with Gasteiger partial charge in [-0.3, -0.25) is 0 Å². The molecule has 1 nitrogen and oxygen atoms in total. The second-order valence-electron chi connectivity index (χ2n) is 13.0. The Bertz CT molecular complexity index is 618. The maximum atomic E-state index is 11.2. The molecule has 1 aromatic carbocycles. The molecule has 0 aliphatic heterocycles. The smallest absolute Gasteiger partial charge is 0.121 e. The number of phenols is 1. The van der Waals surface area contributed by atoms with E-state index in [9.17, 15) is 5.11 Å². The van der Waals surface area contributed by atoms with Crippen LogP contribution in [0.15, 0.2) is 12.1 Å². The zero-order chi connectivity index (χ0) is 28.9.